The summed E-state index contributed by atoms with van der Waals surface area (Å²) in [6.45, 7) is 4.23. The van der Waals surface area contributed by atoms with Gasteiger partial charge in [-0.25, -0.2) is 0 Å². The van der Waals surface area contributed by atoms with Crippen molar-refractivity contribution < 1.29 is 0 Å². The van der Waals surface area contributed by atoms with E-state index in [1.165, 1.54) is 65.5 Å². The predicted molar refractivity (Wildman–Crippen MR) is 157 cm³/mol. The Bertz CT molecular complexity index is 1330. The maximum atomic E-state index is 4.71. The minimum Gasteiger partial charge on any atom is -0.262 e. The monoisotopic (exact) mass is 486 g/mol. The molecule has 0 aromatic carbocycles. The van der Waals surface area contributed by atoms with Crippen molar-refractivity contribution in [2.24, 2.45) is 16.8 Å². The molecule has 0 spiro atoms. The number of rotatable bonds is 6. The fourth-order valence-electron chi connectivity index (χ4n) is 5.81. The van der Waals surface area contributed by atoms with Crippen molar-refractivity contribution in [1.29, 1.82) is 0 Å². The average Bonchev–Trinajstić information content (AvgIpc) is 3.25. The second-order valence-electron chi connectivity index (χ2n) is 10.6. The van der Waals surface area contributed by atoms with E-state index >= 15 is 0 Å². The Morgan fingerprint density at radius 3 is 2.92 bits per heavy atom. The zero-order chi connectivity index (χ0) is 25.5. The van der Waals surface area contributed by atoms with E-state index in [0.29, 0.717) is 5.92 Å². The molecular weight excluding hydrogens is 448 g/mol. The molecule has 1 aromatic heterocycles. The highest BCUT2D eigenvalue weighted by Gasteiger charge is 2.23. The molecule has 3 aliphatic carbocycles. The number of nitrogens with zero attached hydrogens (tertiary/aromatic N) is 2. The number of aliphatic imine (C=N–C) groups is 1. The van der Waals surface area contributed by atoms with Gasteiger partial charge in [-0.15, -0.1) is 0 Å². The molecule has 2 atom stereocenters. The van der Waals surface area contributed by atoms with Gasteiger partial charge in [0, 0.05) is 24.5 Å². The Kier molecular flexibility index (Phi) is 8.28. The van der Waals surface area contributed by atoms with Crippen LogP contribution in [0.3, 0.4) is 0 Å². The molecule has 37 heavy (non-hydrogen) atoms. The summed E-state index contributed by atoms with van der Waals surface area (Å²) in [4.78, 5) is 9.09. The molecule has 4 aliphatic rings. The van der Waals surface area contributed by atoms with E-state index in [2.05, 4.69) is 91.4 Å². The first kappa shape index (κ1) is 25.2. The molecule has 0 radical (unpaired) electrons. The maximum absolute atomic E-state index is 4.71. The number of hydrogen-bond donors (Lipinski definition) is 0. The second-order valence-corrected chi connectivity index (χ2v) is 10.6. The van der Waals surface area contributed by atoms with Gasteiger partial charge in [0.15, 0.2) is 0 Å². The molecule has 0 amide bonds. The van der Waals surface area contributed by atoms with Crippen LogP contribution < -0.4 is 0 Å². The van der Waals surface area contributed by atoms with Gasteiger partial charge in [-0.2, -0.15) is 0 Å². The molecule has 188 valence electrons. The third kappa shape index (κ3) is 6.64. The van der Waals surface area contributed by atoms with Gasteiger partial charge in [-0.1, -0.05) is 60.8 Å². The molecule has 5 rings (SSSR count). The van der Waals surface area contributed by atoms with Gasteiger partial charge in [-0.3, -0.25) is 9.98 Å². The molecular formula is C35H38N2. The minimum atomic E-state index is 0.585. The van der Waals surface area contributed by atoms with Gasteiger partial charge in [-0.05, 0) is 122 Å². The van der Waals surface area contributed by atoms with Crippen molar-refractivity contribution in [3.8, 4) is 0 Å². The van der Waals surface area contributed by atoms with Crippen LogP contribution in [0.25, 0.3) is 5.57 Å². The molecule has 1 aromatic rings. The van der Waals surface area contributed by atoms with Gasteiger partial charge in [0.2, 0.25) is 0 Å². The number of allylic oxidation sites excluding steroid dienone is 14. The fraction of sp³-hybridized carbons (Fsp3) is 0.343. The summed E-state index contributed by atoms with van der Waals surface area (Å²) in [5.41, 5.74) is 13.7. The summed E-state index contributed by atoms with van der Waals surface area (Å²) in [5.74, 6) is 1.34. The zero-order valence-corrected chi connectivity index (χ0v) is 22.3. The third-order valence-corrected chi connectivity index (χ3v) is 7.93. The quantitative estimate of drug-likeness (QED) is 0.291. The van der Waals surface area contributed by atoms with E-state index in [9.17, 15) is 0 Å². The second kappa shape index (κ2) is 12.2. The van der Waals surface area contributed by atoms with E-state index < -0.39 is 0 Å². The van der Waals surface area contributed by atoms with Crippen LogP contribution in [0, 0.1) is 18.8 Å². The van der Waals surface area contributed by atoms with Crippen molar-refractivity contribution in [3.05, 3.63) is 124 Å². The van der Waals surface area contributed by atoms with E-state index in [0.717, 1.165) is 36.6 Å². The summed E-state index contributed by atoms with van der Waals surface area (Å²) >= 11 is 0. The van der Waals surface area contributed by atoms with Crippen molar-refractivity contribution in [1.82, 2.24) is 4.98 Å². The topological polar surface area (TPSA) is 25.2 Å². The lowest BCUT2D eigenvalue weighted by Gasteiger charge is -2.27. The van der Waals surface area contributed by atoms with Crippen molar-refractivity contribution >= 4 is 11.8 Å². The largest absolute Gasteiger partial charge is 0.262 e. The van der Waals surface area contributed by atoms with Crippen LogP contribution in [0.4, 0.5) is 0 Å². The molecule has 0 saturated heterocycles. The molecule has 0 bridgehead atoms. The van der Waals surface area contributed by atoms with Crippen LogP contribution in [0.5, 0.6) is 0 Å². The molecule has 2 nitrogen and oxygen atoms in total. The number of pyridine rings is 1. The summed E-state index contributed by atoms with van der Waals surface area (Å²) in [7, 11) is 0. The fourth-order valence-corrected chi connectivity index (χ4v) is 5.81. The molecule has 2 heteroatoms. The molecule has 0 saturated carbocycles. The first-order valence-electron chi connectivity index (χ1n) is 13.9. The van der Waals surface area contributed by atoms with Crippen molar-refractivity contribution in [2.45, 2.75) is 65.2 Å². The highest BCUT2D eigenvalue weighted by atomic mass is 14.7. The van der Waals surface area contributed by atoms with Gasteiger partial charge < -0.3 is 0 Å². The van der Waals surface area contributed by atoms with Gasteiger partial charge in [0.25, 0.3) is 0 Å². The highest BCUT2D eigenvalue weighted by molar-refractivity contribution is 5.80. The van der Waals surface area contributed by atoms with Gasteiger partial charge >= 0.3 is 0 Å². The standard InChI is InChI=1S/C35H38N2/c1-3-27-9-7-15-34(37-25-27)23-29-11-6-10-28(17-18-29)22-32-13-8-14-33-24-30(12-4-5-16-35(32)33)31-19-20-36-26(2)21-31/h4-5,7-9,11-12,14,16,19-21,24-25,28,32H,3,6,10,13,17-18,22-23H2,1-2H3/b5-4?,12-4+,16-5+,30-12?,30-24+,33-24?,35-16?. The van der Waals surface area contributed by atoms with Crippen LogP contribution in [-0.2, 0) is 0 Å². The van der Waals surface area contributed by atoms with E-state index in [1.54, 1.807) is 0 Å². The van der Waals surface area contributed by atoms with E-state index in [-0.39, 0.29) is 0 Å². The normalized spacial score (nSPS) is 26.4. The number of aryl methyl sites for hydroxylation is 1. The predicted octanol–water partition coefficient (Wildman–Crippen LogP) is 9.13. The molecule has 0 N–H and O–H groups in total. The van der Waals surface area contributed by atoms with E-state index in [1.807, 2.05) is 18.5 Å². The Morgan fingerprint density at radius 2 is 2.03 bits per heavy atom. The van der Waals surface area contributed by atoms with Gasteiger partial charge in [0.05, 0.1) is 5.70 Å². The van der Waals surface area contributed by atoms with E-state index in [4.69, 9.17) is 4.99 Å². The van der Waals surface area contributed by atoms with Crippen LogP contribution in [0.15, 0.2) is 118 Å². The SMILES string of the molecule is CCC1=CC=C=C(CC2=CCCC(CC3CC=CC4=C3/C=C/C=C/C(c3ccnc(C)c3)=C\4)CC2)N=C1. The number of hydrogen-bond acceptors (Lipinski definition) is 2. The Morgan fingerprint density at radius 1 is 1.11 bits per heavy atom. The first-order valence-corrected chi connectivity index (χ1v) is 13.9. The molecule has 2 unspecified atom stereocenters. The molecule has 2 heterocycles. The molecule has 1 aliphatic heterocycles. The van der Waals surface area contributed by atoms with Crippen LogP contribution in [0.2, 0.25) is 0 Å². The summed E-state index contributed by atoms with van der Waals surface area (Å²) in [5, 5.41) is 0. The zero-order valence-electron chi connectivity index (χ0n) is 22.3. The Labute approximate surface area is 222 Å². The first-order chi connectivity index (χ1) is 18.2. The Hall–Kier alpha value is -3.48. The maximum Gasteiger partial charge on any atom is 0.0861 e. The van der Waals surface area contributed by atoms with Crippen LogP contribution >= 0.6 is 0 Å². The van der Waals surface area contributed by atoms with Crippen molar-refractivity contribution in [2.75, 3.05) is 0 Å². The lowest BCUT2D eigenvalue weighted by atomic mass is 9.78. The minimum absolute atomic E-state index is 0.585. The Balaban J connectivity index is 1.25. The average molecular weight is 487 g/mol. The van der Waals surface area contributed by atoms with Gasteiger partial charge in [0.1, 0.15) is 0 Å². The lowest BCUT2D eigenvalue weighted by Crippen LogP contribution is -2.13. The highest BCUT2D eigenvalue weighted by Crippen LogP contribution is 2.38. The molecule has 0 fully saturated rings. The lowest BCUT2D eigenvalue weighted by molar-refractivity contribution is 0.370. The summed E-state index contributed by atoms with van der Waals surface area (Å²) in [6, 6.07) is 4.29. The smallest absolute Gasteiger partial charge is 0.0861 e. The third-order valence-electron chi connectivity index (χ3n) is 7.93. The summed E-state index contributed by atoms with van der Waals surface area (Å²) in [6.07, 6.45) is 35.9. The summed E-state index contributed by atoms with van der Waals surface area (Å²) < 4.78 is 0. The van der Waals surface area contributed by atoms with Crippen LogP contribution in [-0.4, -0.2) is 11.2 Å². The van der Waals surface area contributed by atoms with Crippen LogP contribution in [0.1, 0.15) is 69.5 Å². The number of aromatic nitrogens is 1. The van der Waals surface area contributed by atoms with Crippen molar-refractivity contribution in [3.63, 3.8) is 0 Å².